The standard InChI is InChI=1S/C24H28N2O5/c1-14-20(23(28)31-17-6-4-5-7-17)21(15-8-10-16(11-9-15)26(29)30)22-18(25-14)12-24(2,3)13-19(22)27/h8-11,17,20-21,25H,1,4-7,12-13H2,2-3H3. The van der Waals surface area contributed by atoms with Crippen molar-refractivity contribution in [1.82, 2.24) is 5.32 Å². The summed E-state index contributed by atoms with van der Waals surface area (Å²) in [7, 11) is 0. The van der Waals surface area contributed by atoms with Crippen molar-refractivity contribution in [3.8, 4) is 0 Å². The summed E-state index contributed by atoms with van der Waals surface area (Å²) in [6, 6.07) is 6.09. The molecule has 1 aromatic carbocycles. The van der Waals surface area contributed by atoms with Gasteiger partial charge in [0.15, 0.2) is 5.78 Å². The number of ketones is 1. The normalized spacial score (nSPS) is 25.7. The number of nitro benzene ring substituents is 1. The Hall–Kier alpha value is -2.96. The molecule has 1 fully saturated rings. The van der Waals surface area contributed by atoms with E-state index in [4.69, 9.17) is 4.74 Å². The summed E-state index contributed by atoms with van der Waals surface area (Å²) in [6.07, 6.45) is 4.72. The predicted molar refractivity (Wildman–Crippen MR) is 115 cm³/mol. The van der Waals surface area contributed by atoms with Crippen LogP contribution in [0.1, 0.15) is 63.9 Å². The van der Waals surface area contributed by atoms with Gasteiger partial charge in [-0.2, -0.15) is 0 Å². The van der Waals surface area contributed by atoms with Crippen LogP contribution in [-0.4, -0.2) is 22.8 Å². The Bertz CT molecular complexity index is 970. The van der Waals surface area contributed by atoms with Gasteiger partial charge < -0.3 is 10.1 Å². The Morgan fingerprint density at radius 3 is 2.45 bits per heavy atom. The Labute approximate surface area is 181 Å². The van der Waals surface area contributed by atoms with Crippen molar-refractivity contribution in [2.24, 2.45) is 11.3 Å². The lowest BCUT2D eigenvalue weighted by atomic mass is 9.66. The number of hydrogen-bond acceptors (Lipinski definition) is 6. The molecular weight excluding hydrogens is 396 g/mol. The number of carbonyl (C=O) groups excluding carboxylic acids is 2. The van der Waals surface area contributed by atoms with Crippen LogP contribution >= 0.6 is 0 Å². The number of nitrogens with zero attached hydrogens (tertiary/aromatic N) is 1. The van der Waals surface area contributed by atoms with Gasteiger partial charge in [-0.25, -0.2) is 0 Å². The zero-order valence-corrected chi connectivity index (χ0v) is 18.0. The first-order valence-electron chi connectivity index (χ1n) is 10.8. The van der Waals surface area contributed by atoms with Gasteiger partial charge in [-0.15, -0.1) is 0 Å². The molecule has 1 saturated carbocycles. The molecule has 1 aromatic rings. The first-order valence-corrected chi connectivity index (χ1v) is 10.8. The maximum absolute atomic E-state index is 13.3. The van der Waals surface area contributed by atoms with E-state index in [1.54, 1.807) is 12.1 Å². The van der Waals surface area contributed by atoms with E-state index in [0.29, 0.717) is 29.7 Å². The fourth-order valence-electron chi connectivity index (χ4n) is 5.13. The molecule has 4 rings (SSSR count). The molecule has 1 aliphatic heterocycles. The van der Waals surface area contributed by atoms with Gasteiger partial charge in [-0.1, -0.05) is 32.6 Å². The lowest BCUT2D eigenvalue weighted by molar-refractivity contribution is -0.384. The number of carbonyl (C=O) groups is 2. The van der Waals surface area contributed by atoms with Gasteiger partial charge in [-0.05, 0) is 43.1 Å². The largest absolute Gasteiger partial charge is 0.462 e. The summed E-state index contributed by atoms with van der Waals surface area (Å²) in [5, 5.41) is 14.3. The van der Waals surface area contributed by atoms with E-state index in [1.807, 2.05) is 13.8 Å². The highest BCUT2D eigenvalue weighted by molar-refractivity contribution is 6.00. The minimum absolute atomic E-state index is 0.00623. The van der Waals surface area contributed by atoms with Gasteiger partial charge in [0, 0.05) is 41.4 Å². The number of nitro groups is 1. The first kappa shape index (κ1) is 21.3. The third-order valence-corrected chi connectivity index (χ3v) is 6.55. The lowest BCUT2D eigenvalue weighted by Crippen LogP contribution is -2.44. The van der Waals surface area contributed by atoms with Crippen molar-refractivity contribution in [2.75, 3.05) is 0 Å². The van der Waals surface area contributed by atoms with Crippen LogP contribution in [0.15, 0.2) is 47.8 Å². The molecule has 31 heavy (non-hydrogen) atoms. The molecule has 3 aliphatic rings. The third-order valence-electron chi connectivity index (χ3n) is 6.55. The summed E-state index contributed by atoms with van der Waals surface area (Å²) in [5.74, 6) is -1.72. The molecule has 1 heterocycles. The molecule has 0 radical (unpaired) electrons. The van der Waals surface area contributed by atoms with Crippen molar-refractivity contribution in [1.29, 1.82) is 0 Å². The van der Waals surface area contributed by atoms with Gasteiger partial charge in [-0.3, -0.25) is 19.7 Å². The van der Waals surface area contributed by atoms with Crippen molar-refractivity contribution in [3.63, 3.8) is 0 Å². The topological polar surface area (TPSA) is 98.5 Å². The van der Waals surface area contributed by atoms with Gasteiger partial charge in [0.05, 0.1) is 4.92 Å². The van der Waals surface area contributed by atoms with Crippen LogP contribution in [0.3, 0.4) is 0 Å². The van der Waals surface area contributed by atoms with E-state index in [0.717, 1.165) is 31.4 Å². The van der Waals surface area contributed by atoms with Crippen LogP contribution < -0.4 is 5.32 Å². The van der Waals surface area contributed by atoms with E-state index in [1.165, 1.54) is 12.1 Å². The fraction of sp³-hybridized carbons (Fsp3) is 0.500. The van der Waals surface area contributed by atoms with Crippen LogP contribution in [0, 0.1) is 21.4 Å². The number of rotatable bonds is 4. The third kappa shape index (κ3) is 4.13. The molecule has 2 aliphatic carbocycles. The Balaban J connectivity index is 1.77. The summed E-state index contributed by atoms with van der Waals surface area (Å²) in [4.78, 5) is 37.1. The summed E-state index contributed by atoms with van der Waals surface area (Å²) in [5.41, 5.74) is 2.33. The number of hydrogen-bond donors (Lipinski definition) is 1. The van der Waals surface area contributed by atoms with Gasteiger partial charge >= 0.3 is 5.97 Å². The molecule has 7 heteroatoms. The quantitative estimate of drug-likeness (QED) is 0.433. The Morgan fingerprint density at radius 1 is 1.19 bits per heavy atom. The molecule has 7 nitrogen and oxygen atoms in total. The number of ether oxygens (including phenoxy) is 1. The van der Waals surface area contributed by atoms with Crippen LogP contribution in [0.2, 0.25) is 0 Å². The Morgan fingerprint density at radius 2 is 1.84 bits per heavy atom. The average Bonchev–Trinajstić information content (AvgIpc) is 3.18. The molecule has 0 bridgehead atoms. The molecule has 0 spiro atoms. The van der Waals surface area contributed by atoms with Crippen LogP contribution in [-0.2, 0) is 14.3 Å². The van der Waals surface area contributed by atoms with E-state index >= 15 is 0 Å². The van der Waals surface area contributed by atoms with Crippen molar-refractivity contribution < 1.29 is 19.2 Å². The minimum atomic E-state index is -0.758. The van der Waals surface area contributed by atoms with Gasteiger partial charge in [0.1, 0.15) is 12.0 Å². The highest BCUT2D eigenvalue weighted by Crippen LogP contribution is 2.48. The molecule has 0 saturated heterocycles. The molecule has 164 valence electrons. The molecule has 2 unspecified atom stereocenters. The van der Waals surface area contributed by atoms with Crippen LogP contribution in [0.4, 0.5) is 5.69 Å². The second-order valence-corrected chi connectivity index (χ2v) is 9.63. The lowest BCUT2D eigenvalue weighted by Gasteiger charge is -2.42. The number of esters is 1. The zero-order chi connectivity index (χ0) is 22.3. The number of Topliss-reactive ketones (excluding diaryl/α,β-unsaturated/α-hetero) is 1. The van der Waals surface area contributed by atoms with Gasteiger partial charge in [0.25, 0.3) is 5.69 Å². The van der Waals surface area contributed by atoms with Crippen molar-refractivity contribution in [3.05, 3.63) is 63.5 Å². The maximum Gasteiger partial charge on any atom is 0.316 e. The highest BCUT2D eigenvalue weighted by atomic mass is 16.6. The number of non-ortho nitro benzene ring substituents is 1. The molecule has 2 atom stereocenters. The molecular formula is C24H28N2O5. The SMILES string of the molecule is C=C1NC2=C(C(=O)CC(C)(C)C2)C(c2ccc([N+](=O)[O-])cc2)C1C(=O)OC1CCCC1. The van der Waals surface area contributed by atoms with Crippen molar-refractivity contribution in [2.45, 2.75) is 64.4 Å². The number of benzene rings is 1. The van der Waals surface area contributed by atoms with Crippen LogP contribution in [0.5, 0.6) is 0 Å². The second-order valence-electron chi connectivity index (χ2n) is 9.63. The number of allylic oxidation sites excluding steroid dienone is 2. The van der Waals surface area contributed by atoms with Crippen LogP contribution in [0.25, 0.3) is 0 Å². The summed E-state index contributed by atoms with van der Waals surface area (Å²) < 4.78 is 5.81. The molecule has 1 N–H and O–H groups in total. The number of nitrogens with one attached hydrogen (secondary N) is 1. The maximum atomic E-state index is 13.3. The molecule has 0 aromatic heterocycles. The summed E-state index contributed by atoms with van der Waals surface area (Å²) >= 11 is 0. The first-order chi connectivity index (χ1) is 14.7. The Kier molecular flexibility index (Phi) is 5.45. The monoisotopic (exact) mass is 424 g/mol. The predicted octanol–water partition coefficient (Wildman–Crippen LogP) is 4.54. The smallest absolute Gasteiger partial charge is 0.316 e. The fourth-order valence-corrected chi connectivity index (χ4v) is 5.13. The average molecular weight is 424 g/mol. The van der Waals surface area contributed by atoms with Gasteiger partial charge in [0.2, 0.25) is 0 Å². The highest BCUT2D eigenvalue weighted by Gasteiger charge is 2.47. The van der Waals surface area contributed by atoms with E-state index < -0.39 is 22.7 Å². The molecule has 0 amide bonds. The minimum Gasteiger partial charge on any atom is -0.462 e. The summed E-state index contributed by atoms with van der Waals surface area (Å²) in [6.45, 7) is 8.20. The van der Waals surface area contributed by atoms with E-state index in [2.05, 4.69) is 11.9 Å². The van der Waals surface area contributed by atoms with Crippen molar-refractivity contribution >= 4 is 17.4 Å². The zero-order valence-electron chi connectivity index (χ0n) is 18.0. The van der Waals surface area contributed by atoms with E-state index in [9.17, 15) is 19.7 Å². The second kappa shape index (κ2) is 7.94. The van der Waals surface area contributed by atoms with E-state index in [-0.39, 0.29) is 23.0 Å².